The fraction of sp³-hybridized carbons (Fsp3) is 0.231. The molecule has 2 aromatic carbocycles. The first-order valence-corrected chi connectivity index (χ1v) is 17.8. The summed E-state index contributed by atoms with van der Waals surface area (Å²) in [5.74, 6) is -1.60. The van der Waals surface area contributed by atoms with Crippen molar-refractivity contribution in [3.05, 3.63) is 125 Å². The van der Waals surface area contributed by atoms with Gasteiger partial charge in [-0.3, -0.25) is 29.0 Å². The number of hydrogen-bond donors (Lipinski definition) is 1. The van der Waals surface area contributed by atoms with Crippen LogP contribution in [0.3, 0.4) is 0 Å². The molecule has 4 aromatic heterocycles. The van der Waals surface area contributed by atoms with E-state index in [0.717, 1.165) is 59.7 Å². The highest BCUT2D eigenvalue weighted by Crippen LogP contribution is 2.39. The third-order valence-electron chi connectivity index (χ3n) is 8.55. The molecule has 1 amide bonds. The molecule has 0 spiro atoms. The maximum atomic E-state index is 15.5. The van der Waals surface area contributed by atoms with Crippen LogP contribution in [-0.2, 0) is 11.3 Å². The minimum absolute atomic E-state index is 0.0595. The molecule has 53 heavy (non-hydrogen) atoms. The van der Waals surface area contributed by atoms with Gasteiger partial charge in [-0.15, -0.1) is 11.3 Å². The molecule has 7 rings (SSSR count). The molecule has 1 fully saturated rings. The molecule has 0 radical (unpaired) electrons. The Bertz CT molecular complexity index is 2290. The lowest BCUT2D eigenvalue weighted by Crippen LogP contribution is -2.35. The van der Waals surface area contributed by atoms with E-state index >= 15 is 4.39 Å². The van der Waals surface area contributed by atoms with E-state index in [0.29, 0.717) is 23.5 Å². The van der Waals surface area contributed by atoms with Crippen LogP contribution in [0.5, 0.6) is 17.2 Å². The Hall–Kier alpha value is -5.54. The minimum Gasteiger partial charge on any atom is -0.491 e. The number of thiophene rings is 1. The second-order valence-corrected chi connectivity index (χ2v) is 13.7. The average molecular weight is 739 g/mol. The lowest BCUT2D eigenvalue weighted by molar-refractivity contribution is 0.0341. The van der Waals surface area contributed by atoms with Crippen molar-refractivity contribution in [2.75, 3.05) is 58.9 Å². The van der Waals surface area contributed by atoms with Gasteiger partial charge < -0.3 is 24.4 Å². The van der Waals surface area contributed by atoms with Gasteiger partial charge in [0.1, 0.15) is 29.5 Å². The van der Waals surface area contributed by atoms with Crippen LogP contribution in [0.2, 0.25) is 0 Å². The van der Waals surface area contributed by atoms with Crippen LogP contribution >= 0.6 is 11.3 Å². The van der Waals surface area contributed by atoms with Crippen molar-refractivity contribution in [3.63, 3.8) is 0 Å². The van der Waals surface area contributed by atoms with E-state index in [-0.39, 0.29) is 29.4 Å². The standard InChI is InChI=1S/C39H36F2N6O5S/c1-45(2)15-20-51-33-12-14-47(28-7-4-26(40)5-8-28)39(49)36(33)38(48)44-27-6-10-32(29(41)21-27)52-34-11-13-42-31-22-35(53-37(31)34)30-9-3-25(23-43-30)24-46-16-18-50-19-17-46/h3-14,21-23H,15-20,24H2,1-2H3,(H,44,48). The Balaban J connectivity index is 1.09. The molecular weight excluding hydrogens is 703 g/mol. The van der Waals surface area contributed by atoms with E-state index < -0.39 is 23.1 Å². The number of aromatic nitrogens is 3. The number of halogens is 2. The summed E-state index contributed by atoms with van der Waals surface area (Å²) in [6.45, 7) is 4.82. The van der Waals surface area contributed by atoms with Gasteiger partial charge in [-0.2, -0.15) is 0 Å². The molecule has 11 nitrogen and oxygen atoms in total. The van der Waals surface area contributed by atoms with Crippen molar-refractivity contribution in [1.82, 2.24) is 24.3 Å². The predicted molar refractivity (Wildman–Crippen MR) is 199 cm³/mol. The number of nitrogens with one attached hydrogen (secondary N) is 1. The second-order valence-electron chi connectivity index (χ2n) is 12.6. The van der Waals surface area contributed by atoms with Crippen LogP contribution in [-0.4, -0.2) is 83.8 Å². The third-order valence-corrected chi connectivity index (χ3v) is 9.72. The first-order valence-electron chi connectivity index (χ1n) is 16.9. The van der Waals surface area contributed by atoms with E-state index in [2.05, 4.69) is 21.3 Å². The van der Waals surface area contributed by atoms with Crippen molar-refractivity contribution < 1.29 is 27.8 Å². The van der Waals surface area contributed by atoms with Crippen molar-refractivity contribution in [2.45, 2.75) is 6.54 Å². The first-order chi connectivity index (χ1) is 25.7. The molecule has 6 aromatic rings. The van der Waals surface area contributed by atoms with Crippen LogP contribution in [0.1, 0.15) is 15.9 Å². The Morgan fingerprint density at radius 1 is 0.962 bits per heavy atom. The number of hydrogen-bond acceptors (Lipinski definition) is 10. The number of benzene rings is 2. The number of pyridine rings is 3. The summed E-state index contributed by atoms with van der Waals surface area (Å²) in [6.07, 6.45) is 4.93. The van der Waals surface area contributed by atoms with Crippen LogP contribution in [0.4, 0.5) is 14.5 Å². The number of nitrogens with zero attached hydrogens (tertiary/aromatic N) is 5. The summed E-state index contributed by atoms with van der Waals surface area (Å²) in [5.41, 5.74) is 2.08. The summed E-state index contributed by atoms with van der Waals surface area (Å²) in [7, 11) is 3.73. The number of fused-ring (bicyclic) bond motifs is 1. The van der Waals surface area contributed by atoms with Gasteiger partial charge in [0.25, 0.3) is 11.5 Å². The fourth-order valence-electron chi connectivity index (χ4n) is 5.77. The van der Waals surface area contributed by atoms with Gasteiger partial charge in [0.05, 0.1) is 34.0 Å². The lowest BCUT2D eigenvalue weighted by Gasteiger charge is -2.26. The van der Waals surface area contributed by atoms with E-state index in [1.54, 1.807) is 12.3 Å². The van der Waals surface area contributed by atoms with Crippen molar-refractivity contribution in [2.24, 2.45) is 0 Å². The van der Waals surface area contributed by atoms with Crippen molar-refractivity contribution >= 4 is 33.1 Å². The van der Waals surface area contributed by atoms with Gasteiger partial charge in [0, 0.05) is 68.3 Å². The summed E-state index contributed by atoms with van der Waals surface area (Å²) in [6, 6.07) is 18.4. The largest absolute Gasteiger partial charge is 0.491 e. The summed E-state index contributed by atoms with van der Waals surface area (Å²) < 4.78 is 48.4. The summed E-state index contributed by atoms with van der Waals surface area (Å²) >= 11 is 1.44. The number of morpholine rings is 1. The molecule has 1 aliphatic heterocycles. The smallest absolute Gasteiger partial charge is 0.271 e. The number of likely N-dealkylation sites (N-methyl/N-ethyl adjacent to an activating group) is 1. The number of carbonyl (C=O) groups is 1. The van der Waals surface area contributed by atoms with Gasteiger partial charge in [-0.1, -0.05) is 6.07 Å². The van der Waals surface area contributed by atoms with Crippen LogP contribution < -0.4 is 20.3 Å². The highest BCUT2D eigenvalue weighted by atomic mass is 32.1. The molecule has 0 aliphatic carbocycles. The molecule has 1 saturated heterocycles. The molecule has 0 atom stereocenters. The zero-order chi connectivity index (χ0) is 36.9. The molecule has 5 heterocycles. The first kappa shape index (κ1) is 35.8. The van der Waals surface area contributed by atoms with Gasteiger partial charge in [-0.05, 0) is 74.3 Å². The van der Waals surface area contributed by atoms with E-state index in [1.165, 1.54) is 64.6 Å². The summed E-state index contributed by atoms with van der Waals surface area (Å²) in [4.78, 5) is 41.5. The highest BCUT2D eigenvalue weighted by Gasteiger charge is 2.22. The SMILES string of the molecule is CN(C)CCOc1ccn(-c2ccc(F)cc2)c(=O)c1C(=O)Nc1ccc(Oc2ccnc3cc(-c4ccc(CN5CCOCC5)cn4)sc23)c(F)c1. The second kappa shape index (κ2) is 16.0. The fourth-order valence-corrected chi connectivity index (χ4v) is 6.81. The maximum absolute atomic E-state index is 15.5. The van der Waals surface area contributed by atoms with Crippen LogP contribution in [0, 0.1) is 11.6 Å². The Labute approximate surface area is 308 Å². The molecule has 1 N–H and O–H groups in total. The average Bonchev–Trinajstić information content (AvgIpc) is 3.59. The van der Waals surface area contributed by atoms with Gasteiger partial charge in [-0.25, -0.2) is 8.78 Å². The van der Waals surface area contributed by atoms with Crippen LogP contribution in [0.25, 0.3) is 26.5 Å². The monoisotopic (exact) mass is 738 g/mol. The topological polar surface area (TPSA) is 111 Å². The van der Waals surface area contributed by atoms with Gasteiger partial charge in [0.2, 0.25) is 0 Å². The molecule has 14 heteroatoms. The number of amides is 1. The molecule has 0 saturated carbocycles. The Morgan fingerprint density at radius 2 is 1.77 bits per heavy atom. The molecule has 0 bridgehead atoms. The van der Waals surface area contributed by atoms with Crippen molar-refractivity contribution in [1.29, 1.82) is 0 Å². The Morgan fingerprint density at radius 3 is 2.51 bits per heavy atom. The number of anilines is 1. The van der Waals surface area contributed by atoms with E-state index in [1.807, 2.05) is 37.3 Å². The Kier molecular flexibility index (Phi) is 10.8. The number of rotatable bonds is 12. The third kappa shape index (κ3) is 8.42. The molecule has 272 valence electrons. The quantitative estimate of drug-likeness (QED) is 0.148. The van der Waals surface area contributed by atoms with Crippen LogP contribution in [0.15, 0.2) is 96.2 Å². The zero-order valence-electron chi connectivity index (χ0n) is 29.1. The molecule has 0 unspecified atom stereocenters. The highest BCUT2D eigenvalue weighted by molar-refractivity contribution is 7.22. The van der Waals surface area contributed by atoms with E-state index in [9.17, 15) is 14.0 Å². The zero-order valence-corrected chi connectivity index (χ0v) is 29.9. The van der Waals surface area contributed by atoms with Crippen molar-refractivity contribution in [3.8, 4) is 33.5 Å². The van der Waals surface area contributed by atoms with Gasteiger partial charge >= 0.3 is 0 Å². The van der Waals surface area contributed by atoms with Gasteiger partial charge in [0.15, 0.2) is 11.6 Å². The summed E-state index contributed by atoms with van der Waals surface area (Å²) in [5, 5.41) is 2.61. The number of carbonyl (C=O) groups excluding carboxylic acids is 1. The molecule has 1 aliphatic rings. The number of ether oxygens (including phenoxy) is 3. The predicted octanol–water partition coefficient (Wildman–Crippen LogP) is 6.60. The van der Waals surface area contributed by atoms with E-state index in [4.69, 9.17) is 19.2 Å². The maximum Gasteiger partial charge on any atom is 0.271 e. The minimum atomic E-state index is -0.802. The lowest BCUT2D eigenvalue weighted by atomic mass is 10.2. The molecular formula is C39H36F2N6O5S. The normalized spacial score (nSPS) is 13.4.